The first-order valence-corrected chi connectivity index (χ1v) is 10.4. The highest BCUT2D eigenvalue weighted by atomic mass is 35.5. The van der Waals surface area contributed by atoms with E-state index >= 15 is 0 Å². The molecule has 3 atom stereocenters. The quantitative estimate of drug-likeness (QED) is 0.815. The van der Waals surface area contributed by atoms with Crippen molar-refractivity contribution in [3.8, 4) is 0 Å². The number of benzene rings is 2. The van der Waals surface area contributed by atoms with Gasteiger partial charge in [-0.2, -0.15) is 0 Å². The van der Waals surface area contributed by atoms with Gasteiger partial charge in [0.15, 0.2) is 0 Å². The van der Waals surface area contributed by atoms with Crippen LogP contribution in [-0.2, 0) is 4.79 Å². The summed E-state index contributed by atoms with van der Waals surface area (Å²) in [5.41, 5.74) is 5.94. The van der Waals surface area contributed by atoms with Crippen molar-refractivity contribution in [2.45, 2.75) is 44.1 Å². The van der Waals surface area contributed by atoms with Crippen LogP contribution in [0.3, 0.4) is 0 Å². The first-order chi connectivity index (χ1) is 13.2. The zero-order valence-electron chi connectivity index (χ0n) is 16.4. The van der Waals surface area contributed by atoms with Crippen molar-refractivity contribution in [3.05, 3.63) is 70.8 Å². The molecule has 2 bridgehead atoms. The van der Waals surface area contributed by atoms with Crippen molar-refractivity contribution in [1.29, 1.82) is 0 Å². The Bertz CT molecular complexity index is 820. The van der Waals surface area contributed by atoms with E-state index in [9.17, 15) is 4.79 Å². The molecule has 4 heteroatoms. The van der Waals surface area contributed by atoms with E-state index < -0.39 is 0 Å². The molecule has 1 unspecified atom stereocenters. The van der Waals surface area contributed by atoms with Crippen molar-refractivity contribution >= 4 is 18.3 Å². The zero-order valence-corrected chi connectivity index (χ0v) is 17.2. The van der Waals surface area contributed by atoms with Gasteiger partial charge in [0.25, 0.3) is 0 Å². The molecule has 0 saturated carbocycles. The van der Waals surface area contributed by atoms with Crippen LogP contribution in [-0.4, -0.2) is 25.0 Å². The Morgan fingerprint density at radius 2 is 1.61 bits per heavy atom. The van der Waals surface area contributed by atoms with Crippen LogP contribution in [0.1, 0.15) is 60.3 Å². The molecule has 3 aliphatic carbocycles. The molecule has 6 rings (SSSR count). The van der Waals surface area contributed by atoms with E-state index in [0.717, 1.165) is 32.4 Å². The molecule has 1 aliphatic heterocycles. The normalized spacial score (nSPS) is 30.0. The van der Waals surface area contributed by atoms with Crippen LogP contribution in [0.2, 0.25) is 0 Å². The molecule has 1 fully saturated rings. The number of amides is 1. The Balaban J connectivity index is 0.00000192. The van der Waals surface area contributed by atoms with E-state index in [1.54, 1.807) is 0 Å². The van der Waals surface area contributed by atoms with Crippen LogP contribution < -0.4 is 10.6 Å². The van der Waals surface area contributed by atoms with Crippen LogP contribution in [0.4, 0.5) is 0 Å². The van der Waals surface area contributed by atoms with Gasteiger partial charge in [-0.1, -0.05) is 48.5 Å². The summed E-state index contributed by atoms with van der Waals surface area (Å²) in [5.74, 6) is 1.80. The lowest BCUT2D eigenvalue weighted by molar-refractivity contribution is -0.126. The Morgan fingerprint density at radius 1 is 1.00 bits per heavy atom. The molecule has 148 valence electrons. The van der Waals surface area contributed by atoms with E-state index in [1.807, 2.05) is 0 Å². The zero-order chi connectivity index (χ0) is 18.4. The van der Waals surface area contributed by atoms with Crippen molar-refractivity contribution in [1.82, 2.24) is 10.6 Å². The lowest BCUT2D eigenvalue weighted by Crippen LogP contribution is -2.45. The minimum Gasteiger partial charge on any atom is -0.356 e. The highest BCUT2D eigenvalue weighted by Crippen LogP contribution is 2.55. The Morgan fingerprint density at radius 3 is 2.21 bits per heavy atom. The van der Waals surface area contributed by atoms with Crippen molar-refractivity contribution < 1.29 is 4.79 Å². The lowest BCUT2D eigenvalue weighted by Gasteiger charge is -2.45. The number of carbonyl (C=O) groups excluding carboxylic acids is 1. The summed E-state index contributed by atoms with van der Waals surface area (Å²) in [6.45, 7) is 3.92. The van der Waals surface area contributed by atoms with Gasteiger partial charge in [0.2, 0.25) is 5.91 Å². The fourth-order valence-corrected chi connectivity index (χ4v) is 5.71. The average Bonchev–Trinajstić information content (AvgIpc) is 2.72. The third kappa shape index (κ3) is 3.25. The minimum atomic E-state index is 0. The van der Waals surface area contributed by atoms with Gasteiger partial charge in [0.1, 0.15) is 0 Å². The van der Waals surface area contributed by atoms with Crippen LogP contribution in [0.15, 0.2) is 48.5 Å². The summed E-state index contributed by atoms with van der Waals surface area (Å²) in [6, 6.07) is 18.3. The van der Waals surface area contributed by atoms with Gasteiger partial charge in [0.05, 0.1) is 0 Å². The van der Waals surface area contributed by atoms with Gasteiger partial charge in [-0.15, -0.1) is 12.4 Å². The second-order valence-corrected chi connectivity index (χ2v) is 8.61. The Labute approximate surface area is 173 Å². The van der Waals surface area contributed by atoms with Gasteiger partial charge in [-0.3, -0.25) is 4.79 Å². The summed E-state index contributed by atoms with van der Waals surface area (Å²) in [7, 11) is 0. The SMILES string of the molecule is C[C@H]1C[C@@H](C(=O)NCC2CC3c4ccccc4C2c2ccccc23)CCN1.Cl. The van der Waals surface area contributed by atoms with Gasteiger partial charge in [0, 0.05) is 30.3 Å². The fraction of sp³-hybridized carbons (Fsp3) is 0.458. The van der Waals surface area contributed by atoms with Gasteiger partial charge in [-0.25, -0.2) is 0 Å². The Hall–Kier alpha value is -1.84. The van der Waals surface area contributed by atoms with E-state index in [0.29, 0.717) is 23.8 Å². The standard InChI is InChI=1S/C24H28N2O.ClH/c1-15-12-16(10-11-25-15)24(27)26-14-17-13-22-18-6-2-4-8-20(18)23(17)21-9-5-3-7-19(21)22;/h2-9,15-17,22-23,25H,10-14H2,1H3,(H,26,27);1H/t15-,16-,17?,22?,23?;/m0./s1. The molecule has 2 N–H and O–H groups in total. The van der Waals surface area contributed by atoms with Gasteiger partial charge < -0.3 is 10.6 Å². The number of hydrogen-bond acceptors (Lipinski definition) is 2. The summed E-state index contributed by atoms with van der Waals surface area (Å²) in [5, 5.41) is 6.76. The van der Waals surface area contributed by atoms with Crippen LogP contribution >= 0.6 is 12.4 Å². The monoisotopic (exact) mass is 396 g/mol. The molecular weight excluding hydrogens is 368 g/mol. The minimum absolute atomic E-state index is 0. The molecule has 2 aromatic carbocycles. The predicted octanol–water partition coefficient (Wildman–Crippen LogP) is 4.21. The molecule has 1 amide bonds. The predicted molar refractivity (Wildman–Crippen MR) is 115 cm³/mol. The van der Waals surface area contributed by atoms with Crippen molar-refractivity contribution in [2.24, 2.45) is 11.8 Å². The van der Waals surface area contributed by atoms with Gasteiger partial charge >= 0.3 is 0 Å². The number of fused-ring (bicyclic) bond motifs is 1. The number of halogens is 1. The molecule has 1 saturated heterocycles. The topological polar surface area (TPSA) is 41.1 Å². The highest BCUT2D eigenvalue weighted by molar-refractivity contribution is 5.85. The third-order valence-corrected chi connectivity index (χ3v) is 6.96. The molecule has 0 radical (unpaired) electrons. The van der Waals surface area contributed by atoms with Crippen molar-refractivity contribution in [2.75, 3.05) is 13.1 Å². The van der Waals surface area contributed by atoms with E-state index in [2.05, 4.69) is 66.1 Å². The number of piperidine rings is 1. The first kappa shape index (κ1) is 19.5. The summed E-state index contributed by atoms with van der Waals surface area (Å²) < 4.78 is 0. The number of hydrogen-bond donors (Lipinski definition) is 2. The van der Waals surface area contributed by atoms with Crippen LogP contribution in [0.25, 0.3) is 0 Å². The maximum atomic E-state index is 12.7. The van der Waals surface area contributed by atoms with E-state index in [-0.39, 0.29) is 24.2 Å². The summed E-state index contributed by atoms with van der Waals surface area (Å²) >= 11 is 0. The molecule has 1 heterocycles. The summed E-state index contributed by atoms with van der Waals surface area (Å²) in [6.07, 6.45) is 3.05. The molecule has 28 heavy (non-hydrogen) atoms. The fourth-order valence-electron chi connectivity index (χ4n) is 5.71. The third-order valence-electron chi connectivity index (χ3n) is 6.96. The molecular formula is C24H29ClN2O. The van der Waals surface area contributed by atoms with Crippen LogP contribution in [0.5, 0.6) is 0 Å². The van der Waals surface area contributed by atoms with Gasteiger partial charge in [-0.05, 0) is 60.9 Å². The van der Waals surface area contributed by atoms with Crippen LogP contribution in [0, 0.1) is 11.8 Å². The molecule has 0 aromatic heterocycles. The molecule has 0 spiro atoms. The first-order valence-electron chi connectivity index (χ1n) is 10.4. The number of carbonyl (C=O) groups is 1. The van der Waals surface area contributed by atoms with E-state index in [4.69, 9.17) is 0 Å². The maximum absolute atomic E-state index is 12.7. The van der Waals surface area contributed by atoms with E-state index in [1.165, 1.54) is 22.3 Å². The second-order valence-electron chi connectivity index (χ2n) is 8.61. The maximum Gasteiger partial charge on any atom is 0.223 e. The highest BCUT2D eigenvalue weighted by Gasteiger charge is 2.43. The Kier molecular flexibility index (Phi) is 5.48. The largest absolute Gasteiger partial charge is 0.356 e. The number of rotatable bonds is 3. The van der Waals surface area contributed by atoms with Crippen molar-refractivity contribution in [3.63, 3.8) is 0 Å². The molecule has 4 aliphatic rings. The second kappa shape index (κ2) is 7.88. The molecule has 3 nitrogen and oxygen atoms in total. The smallest absolute Gasteiger partial charge is 0.223 e. The average molecular weight is 397 g/mol. The number of nitrogens with one attached hydrogen (secondary N) is 2. The lowest BCUT2D eigenvalue weighted by atomic mass is 9.59. The summed E-state index contributed by atoms with van der Waals surface area (Å²) in [4.78, 5) is 12.7. The molecule has 2 aromatic rings.